The van der Waals surface area contributed by atoms with Gasteiger partial charge in [-0.1, -0.05) is 0 Å². The summed E-state index contributed by atoms with van der Waals surface area (Å²) in [5.74, 6) is -1.09. The Morgan fingerprint density at radius 3 is 1.94 bits per heavy atom. The SMILES string of the molecule is CC(C)(C)OCC(=O)N(CCC(=O)O)C(C)(C)C. The molecular weight excluding hydrogens is 234 g/mol. The third kappa shape index (κ3) is 7.27. The van der Waals surface area contributed by atoms with Crippen molar-refractivity contribution in [3.05, 3.63) is 0 Å². The van der Waals surface area contributed by atoms with E-state index in [-0.39, 0.29) is 31.1 Å². The molecule has 0 unspecified atom stereocenters. The molecule has 106 valence electrons. The molecule has 0 aromatic carbocycles. The topological polar surface area (TPSA) is 66.8 Å². The highest BCUT2D eigenvalue weighted by atomic mass is 16.5. The van der Waals surface area contributed by atoms with Crippen molar-refractivity contribution in [2.45, 2.75) is 59.1 Å². The van der Waals surface area contributed by atoms with Crippen LogP contribution in [0.2, 0.25) is 0 Å². The van der Waals surface area contributed by atoms with Crippen molar-refractivity contribution in [2.24, 2.45) is 0 Å². The van der Waals surface area contributed by atoms with E-state index < -0.39 is 11.5 Å². The van der Waals surface area contributed by atoms with Crippen LogP contribution in [0.5, 0.6) is 0 Å². The van der Waals surface area contributed by atoms with Gasteiger partial charge in [-0.3, -0.25) is 9.59 Å². The molecule has 0 saturated heterocycles. The second-order valence-corrected chi connectivity index (χ2v) is 6.26. The number of amides is 1. The zero-order chi connectivity index (χ0) is 14.6. The van der Waals surface area contributed by atoms with Crippen LogP contribution in [0.1, 0.15) is 48.0 Å². The lowest BCUT2D eigenvalue weighted by Crippen LogP contribution is -2.48. The Hall–Kier alpha value is -1.10. The van der Waals surface area contributed by atoms with E-state index in [4.69, 9.17) is 9.84 Å². The zero-order valence-electron chi connectivity index (χ0n) is 12.2. The van der Waals surface area contributed by atoms with Gasteiger partial charge in [0, 0.05) is 12.1 Å². The lowest BCUT2D eigenvalue weighted by atomic mass is 10.1. The van der Waals surface area contributed by atoms with Gasteiger partial charge in [0.15, 0.2) is 0 Å². The first-order chi connectivity index (χ1) is 7.93. The van der Waals surface area contributed by atoms with Gasteiger partial charge < -0.3 is 14.7 Å². The molecule has 0 aromatic heterocycles. The van der Waals surface area contributed by atoms with E-state index in [0.29, 0.717) is 0 Å². The molecule has 0 bridgehead atoms. The summed E-state index contributed by atoms with van der Waals surface area (Å²) in [6.45, 7) is 11.4. The summed E-state index contributed by atoms with van der Waals surface area (Å²) in [6, 6.07) is 0. The molecule has 0 aliphatic heterocycles. The van der Waals surface area contributed by atoms with E-state index in [1.54, 1.807) is 4.90 Å². The smallest absolute Gasteiger partial charge is 0.305 e. The van der Waals surface area contributed by atoms with Gasteiger partial charge in [-0.15, -0.1) is 0 Å². The number of carbonyl (C=O) groups is 2. The number of carboxylic acid groups (broad SMARTS) is 1. The predicted octanol–water partition coefficient (Wildman–Crippen LogP) is 1.90. The van der Waals surface area contributed by atoms with Gasteiger partial charge in [-0.25, -0.2) is 0 Å². The van der Waals surface area contributed by atoms with E-state index in [9.17, 15) is 9.59 Å². The second kappa shape index (κ2) is 6.18. The van der Waals surface area contributed by atoms with Crippen LogP contribution < -0.4 is 0 Å². The highest BCUT2D eigenvalue weighted by molar-refractivity contribution is 5.79. The molecular formula is C13H25NO4. The minimum absolute atomic E-state index is 0.0274. The molecule has 0 atom stereocenters. The summed E-state index contributed by atoms with van der Waals surface area (Å²) in [5.41, 5.74) is -0.792. The summed E-state index contributed by atoms with van der Waals surface area (Å²) < 4.78 is 5.44. The number of nitrogens with zero attached hydrogens (tertiary/aromatic N) is 1. The monoisotopic (exact) mass is 259 g/mol. The number of hydrogen-bond donors (Lipinski definition) is 1. The Morgan fingerprint density at radius 2 is 1.61 bits per heavy atom. The van der Waals surface area contributed by atoms with Crippen LogP contribution in [0.15, 0.2) is 0 Å². The number of carboxylic acids is 1. The van der Waals surface area contributed by atoms with Crippen LogP contribution in [-0.4, -0.2) is 46.2 Å². The van der Waals surface area contributed by atoms with Crippen molar-refractivity contribution in [1.82, 2.24) is 4.90 Å². The highest BCUT2D eigenvalue weighted by Crippen LogP contribution is 2.15. The van der Waals surface area contributed by atoms with E-state index in [1.807, 2.05) is 41.5 Å². The van der Waals surface area contributed by atoms with E-state index in [2.05, 4.69) is 0 Å². The lowest BCUT2D eigenvalue weighted by molar-refractivity contribution is -0.147. The molecule has 0 fully saturated rings. The first kappa shape index (κ1) is 16.9. The normalized spacial score (nSPS) is 12.3. The predicted molar refractivity (Wildman–Crippen MR) is 69.4 cm³/mol. The Labute approximate surface area is 109 Å². The Kier molecular flexibility index (Phi) is 5.80. The summed E-state index contributed by atoms with van der Waals surface area (Å²) in [7, 11) is 0. The second-order valence-electron chi connectivity index (χ2n) is 6.26. The lowest BCUT2D eigenvalue weighted by Gasteiger charge is -2.36. The van der Waals surface area contributed by atoms with Crippen molar-refractivity contribution in [3.8, 4) is 0 Å². The van der Waals surface area contributed by atoms with Gasteiger partial charge in [-0.2, -0.15) is 0 Å². The summed E-state index contributed by atoms with van der Waals surface area (Å²) in [6.07, 6.45) is -0.0570. The highest BCUT2D eigenvalue weighted by Gasteiger charge is 2.27. The number of ether oxygens (including phenoxy) is 1. The molecule has 18 heavy (non-hydrogen) atoms. The van der Waals surface area contributed by atoms with Crippen molar-refractivity contribution < 1.29 is 19.4 Å². The maximum Gasteiger partial charge on any atom is 0.305 e. The van der Waals surface area contributed by atoms with Gasteiger partial charge in [0.1, 0.15) is 6.61 Å². The molecule has 0 radical (unpaired) electrons. The minimum atomic E-state index is -0.909. The Bertz CT molecular complexity index is 299. The van der Waals surface area contributed by atoms with Crippen LogP contribution in [0.3, 0.4) is 0 Å². The molecule has 1 amide bonds. The van der Waals surface area contributed by atoms with Crippen molar-refractivity contribution in [2.75, 3.05) is 13.2 Å². The largest absolute Gasteiger partial charge is 0.481 e. The Morgan fingerprint density at radius 1 is 1.11 bits per heavy atom. The quantitative estimate of drug-likeness (QED) is 0.819. The van der Waals surface area contributed by atoms with Crippen molar-refractivity contribution in [1.29, 1.82) is 0 Å². The zero-order valence-corrected chi connectivity index (χ0v) is 12.2. The van der Waals surface area contributed by atoms with Crippen LogP contribution in [0.4, 0.5) is 0 Å². The third-order valence-electron chi connectivity index (χ3n) is 2.29. The number of rotatable bonds is 5. The molecule has 0 heterocycles. The van der Waals surface area contributed by atoms with Crippen LogP contribution >= 0.6 is 0 Å². The fourth-order valence-corrected chi connectivity index (χ4v) is 1.40. The van der Waals surface area contributed by atoms with Gasteiger partial charge >= 0.3 is 5.97 Å². The molecule has 0 aliphatic rings. The van der Waals surface area contributed by atoms with E-state index in [1.165, 1.54) is 0 Å². The molecule has 0 rings (SSSR count). The first-order valence-electron chi connectivity index (χ1n) is 6.10. The molecule has 0 aliphatic carbocycles. The van der Waals surface area contributed by atoms with E-state index in [0.717, 1.165) is 0 Å². The molecule has 0 saturated carbocycles. The average Bonchev–Trinajstić information content (AvgIpc) is 2.11. The molecule has 0 spiro atoms. The number of aliphatic carboxylic acids is 1. The van der Waals surface area contributed by atoms with Gasteiger partial charge in [-0.05, 0) is 41.5 Å². The van der Waals surface area contributed by atoms with Crippen LogP contribution in [0.25, 0.3) is 0 Å². The number of hydrogen-bond acceptors (Lipinski definition) is 3. The van der Waals surface area contributed by atoms with Crippen LogP contribution in [0, 0.1) is 0 Å². The molecule has 5 heteroatoms. The van der Waals surface area contributed by atoms with E-state index >= 15 is 0 Å². The molecule has 1 N–H and O–H groups in total. The maximum atomic E-state index is 12.1. The maximum absolute atomic E-state index is 12.1. The fourth-order valence-electron chi connectivity index (χ4n) is 1.40. The fraction of sp³-hybridized carbons (Fsp3) is 0.846. The first-order valence-corrected chi connectivity index (χ1v) is 6.10. The van der Waals surface area contributed by atoms with Gasteiger partial charge in [0.05, 0.1) is 12.0 Å². The van der Waals surface area contributed by atoms with Gasteiger partial charge in [0.2, 0.25) is 5.91 Å². The summed E-state index contributed by atoms with van der Waals surface area (Å²) >= 11 is 0. The van der Waals surface area contributed by atoms with Crippen LogP contribution in [-0.2, 0) is 14.3 Å². The Balaban J connectivity index is 4.56. The minimum Gasteiger partial charge on any atom is -0.481 e. The van der Waals surface area contributed by atoms with Gasteiger partial charge in [0.25, 0.3) is 0 Å². The third-order valence-corrected chi connectivity index (χ3v) is 2.29. The molecule has 0 aromatic rings. The average molecular weight is 259 g/mol. The van der Waals surface area contributed by atoms with Crippen molar-refractivity contribution in [3.63, 3.8) is 0 Å². The summed E-state index contributed by atoms with van der Waals surface area (Å²) in [5, 5.41) is 8.70. The summed E-state index contributed by atoms with van der Waals surface area (Å²) in [4.78, 5) is 24.2. The molecule has 5 nitrogen and oxygen atoms in total. The standard InChI is InChI=1S/C13H25NO4/c1-12(2,3)14(8-7-11(16)17)10(15)9-18-13(4,5)6/h7-9H2,1-6H3,(H,16,17). The van der Waals surface area contributed by atoms with Crippen molar-refractivity contribution >= 4 is 11.9 Å². The number of carbonyl (C=O) groups excluding carboxylic acids is 1.